The highest BCUT2D eigenvalue weighted by atomic mass is 31.2. The number of aliphatic hydroxyl groups excluding tert-OH is 1. The molecule has 4 unspecified atom stereocenters. The predicted octanol–water partition coefficient (Wildman–Crippen LogP) is 22.7. The van der Waals surface area contributed by atoms with Crippen LogP contribution in [0.1, 0.15) is 401 Å². The summed E-state index contributed by atoms with van der Waals surface area (Å²) < 4.78 is 68.5. The van der Waals surface area contributed by atoms with Crippen molar-refractivity contribution >= 4 is 39.5 Å². The van der Waals surface area contributed by atoms with Crippen molar-refractivity contribution in [2.45, 2.75) is 419 Å². The van der Waals surface area contributed by atoms with E-state index in [0.29, 0.717) is 25.7 Å². The van der Waals surface area contributed by atoms with Crippen LogP contribution in [0.3, 0.4) is 0 Å². The van der Waals surface area contributed by atoms with Crippen molar-refractivity contribution in [2.75, 3.05) is 39.6 Å². The van der Waals surface area contributed by atoms with E-state index in [9.17, 15) is 43.2 Å². The molecule has 0 heterocycles. The molecule has 17 nitrogen and oxygen atoms in total. The van der Waals surface area contributed by atoms with E-state index < -0.39 is 97.5 Å². The molecular formula is C77H150O17P2. The smallest absolute Gasteiger partial charge is 0.462 e. The van der Waals surface area contributed by atoms with Gasteiger partial charge < -0.3 is 33.8 Å². The Kier molecular flexibility index (Phi) is 67.4. The number of hydrogen-bond donors (Lipinski definition) is 3. The number of carbonyl (C=O) groups excluding carboxylic acids is 4. The fraction of sp³-hybridized carbons (Fsp3) is 0.948. The molecule has 3 N–H and O–H groups in total. The second-order valence-corrected chi connectivity index (χ2v) is 31.1. The molecule has 0 saturated carbocycles. The average molecular weight is 1410 g/mol. The molecule has 0 bridgehead atoms. The lowest BCUT2D eigenvalue weighted by atomic mass is 9.99. The van der Waals surface area contributed by atoms with Gasteiger partial charge in [0.05, 0.1) is 26.4 Å². The van der Waals surface area contributed by atoms with E-state index in [4.69, 9.17) is 37.0 Å². The third-order valence-corrected chi connectivity index (χ3v) is 20.6. The van der Waals surface area contributed by atoms with Gasteiger partial charge in [-0.1, -0.05) is 350 Å². The Hall–Kier alpha value is -1.94. The Labute approximate surface area is 588 Å². The minimum atomic E-state index is -4.96. The van der Waals surface area contributed by atoms with Gasteiger partial charge in [-0.3, -0.25) is 37.3 Å². The highest BCUT2D eigenvalue weighted by Gasteiger charge is 2.30. The van der Waals surface area contributed by atoms with Crippen LogP contribution >= 0.6 is 15.6 Å². The van der Waals surface area contributed by atoms with Gasteiger partial charge in [-0.25, -0.2) is 9.13 Å². The van der Waals surface area contributed by atoms with Gasteiger partial charge >= 0.3 is 39.5 Å². The maximum absolute atomic E-state index is 13.1. The molecule has 0 aromatic heterocycles. The van der Waals surface area contributed by atoms with Gasteiger partial charge in [-0.2, -0.15) is 0 Å². The van der Waals surface area contributed by atoms with Crippen molar-refractivity contribution < 1.29 is 80.2 Å². The number of phosphoric ester groups is 2. The molecule has 0 aromatic rings. The van der Waals surface area contributed by atoms with Gasteiger partial charge in [0, 0.05) is 25.7 Å². The molecule has 0 aliphatic rings. The van der Waals surface area contributed by atoms with E-state index in [2.05, 4.69) is 41.5 Å². The molecule has 19 heteroatoms. The Morgan fingerprint density at radius 3 is 0.740 bits per heavy atom. The van der Waals surface area contributed by atoms with Crippen molar-refractivity contribution in [2.24, 2.45) is 11.8 Å². The van der Waals surface area contributed by atoms with Crippen LogP contribution in [0, 0.1) is 11.8 Å². The van der Waals surface area contributed by atoms with Crippen molar-refractivity contribution in [3.8, 4) is 0 Å². The third-order valence-electron chi connectivity index (χ3n) is 18.7. The minimum Gasteiger partial charge on any atom is -0.462 e. The van der Waals surface area contributed by atoms with Gasteiger partial charge in [0.25, 0.3) is 0 Å². The first kappa shape index (κ1) is 94.1. The van der Waals surface area contributed by atoms with Gasteiger partial charge in [-0.15, -0.1) is 0 Å². The van der Waals surface area contributed by atoms with Gasteiger partial charge in [-0.05, 0) is 37.5 Å². The quantitative estimate of drug-likeness (QED) is 0.0222. The van der Waals surface area contributed by atoms with Crippen LogP contribution in [0.4, 0.5) is 0 Å². The highest BCUT2D eigenvalue weighted by Crippen LogP contribution is 2.45. The second kappa shape index (κ2) is 68.8. The molecule has 0 aliphatic carbocycles. The fourth-order valence-electron chi connectivity index (χ4n) is 11.8. The number of rotatable bonds is 76. The number of ether oxygens (including phenoxy) is 4. The predicted molar refractivity (Wildman–Crippen MR) is 391 cm³/mol. The lowest BCUT2D eigenvalue weighted by Gasteiger charge is -2.21. The standard InChI is InChI=1S/C77H150O17P2/c1-7-11-13-15-17-19-21-22-23-24-25-26-27-28-29-30-32-38-42-50-56-62-77(82)93-72(65-87-74(79)59-53-47-40-36-34-33-35-39-45-51-57-69(5)9-3)67-91-95(83,84)89-63-71(78)64-90-96(85,86)92-68-73(66-88-75(80)60-54-48-44-43-46-52-58-70(6)10-4)94-76(81)61-55-49-41-37-31-20-18-16-14-12-8-2/h69-73,78H,7-68H2,1-6H3,(H,83,84)(H,85,86)/t69?,70?,71-,72-,73-/m1/s1. The fourth-order valence-corrected chi connectivity index (χ4v) is 13.3. The molecule has 0 spiro atoms. The van der Waals surface area contributed by atoms with Crippen LogP contribution in [0.5, 0.6) is 0 Å². The number of hydrogen-bond acceptors (Lipinski definition) is 15. The summed E-state index contributed by atoms with van der Waals surface area (Å²) in [4.78, 5) is 72.8. The molecule has 0 fully saturated rings. The average Bonchev–Trinajstić information content (AvgIpc) is 1.17. The molecule has 0 amide bonds. The topological polar surface area (TPSA) is 237 Å². The number of aliphatic hydroxyl groups is 1. The van der Waals surface area contributed by atoms with Crippen LogP contribution in [0.15, 0.2) is 0 Å². The number of phosphoric acid groups is 2. The Balaban J connectivity index is 5.21. The molecule has 7 atom stereocenters. The molecule has 0 aliphatic heterocycles. The zero-order valence-electron chi connectivity index (χ0n) is 62.7. The molecule has 0 saturated heterocycles. The molecule has 96 heavy (non-hydrogen) atoms. The van der Waals surface area contributed by atoms with Gasteiger partial charge in [0.1, 0.15) is 19.3 Å². The summed E-state index contributed by atoms with van der Waals surface area (Å²) in [7, 11) is -9.91. The summed E-state index contributed by atoms with van der Waals surface area (Å²) in [6.45, 7) is 9.58. The first-order valence-electron chi connectivity index (χ1n) is 40.1. The minimum absolute atomic E-state index is 0.106. The van der Waals surface area contributed by atoms with Crippen LogP contribution < -0.4 is 0 Å². The SMILES string of the molecule is CCCCCCCCCCCCCCCCCCCCCCCC(=O)O[C@H](COC(=O)CCCCCCCCCCCCC(C)CC)COP(=O)(O)OC[C@@H](O)COP(=O)(O)OC[C@@H](COC(=O)CCCCCCCCC(C)CC)OC(=O)CCCCCCCCCCCCC. The van der Waals surface area contributed by atoms with Crippen LogP contribution in [-0.2, 0) is 65.4 Å². The summed E-state index contributed by atoms with van der Waals surface area (Å²) in [5.41, 5.74) is 0. The largest absolute Gasteiger partial charge is 0.472 e. The molecule has 0 radical (unpaired) electrons. The van der Waals surface area contributed by atoms with E-state index in [1.807, 2.05) is 0 Å². The molecular weight excluding hydrogens is 1260 g/mol. The zero-order chi connectivity index (χ0) is 70.7. The monoisotopic (exact) mass is 1410 g/mol. The zero-order valence-corrected chi connectivity index (χ0v) is 64.5. The molecule has 0 rings (SSSR count). The van der Waals surface area contributed by atoms with E-state index >= 15 is 0 Å². The Morgan fingerprint density at radius 2 is 0.500 bits per heavy atom. The maximum Gasteiger partial charge on any atom is 0.472 e. The first-order valence-corrected chi connectivity index (χ1v) is 43.1. The Morgan fingerprint density at radius 1 is 0.292 bits per heavy atom. The van der Waals surface area contributed by atoms with E-state index in [-0.39, 0.29) is 25.7 Å². The van der Waals surface area contributed by atoms with Crippen molar-refractivity contribution in [1.29, 1.82) is 0 Å². The third kappa shape index (κ3) is 67.9. The van der Waals surface area contributed by atoms with E-state index in [1.54, 1.807) is 0 Å². The summed E-state index contributed by atoms with van der Waals surface area (Å²) >= 11 is 0. The lowest BCUT2D eigenvalue weighted by Crippen LogP contribution is -2.30. The van der Waals surface area contributed by atoms with E-state index in [0.717, 1.165) is 108 Å². The van der Waals surface area contributed by atoms with Gasteiger partial charge in [0.2, 0.25) is 0 Å². The number of esters is 4. The lowest BCUT2D eigenvalue weighted by molar-refractivity contribution is -0.161. The van der Waals surface area contributed by atoms with Gasteiger partial charge in [0.15, 0.2) is 12.2 Å². The Bertz CT molecular complexity index is 1860. The molecule has 0 aromatic carbocycles. The maximum atomic E-state index is 13.1. The normalized spacial score (nSPS) is 14.6. The highest BCUT2D eigenvalue weighted by molar-refractivity contribution is 7.47. The second-order valence-electron chi connectivity index (χ2n) is 28.2. The summed E-state index contributed by atoms with van der Waals surface area (Å²) in [6, 6.07) is 0. The van der Waals surface area contributed by atoms with Crippen LogP contribution in [-0.4, -0.2) is 96.7 Å². The van der Waals surface area contributed by atoms with Crippen molar-refractivity contribution in [3.05, 3.63) is 0 Å². The van der Waals surface area contributed by atoms with E-state index in [1.165, 1.54) is 212 Å². The summed E-state index contributed by atoms with van der Waals surface area (Å²) in [5, 5.41) is 10.6. The van der Waals surface area contributed by atoms with Crippen LogP contribution in [0.25, 0.3) is 0 Å². The first-order chi connectivity index (χ1) is 46.4. The summed E-state index contributed by atoms with van der Waals surface area (Å²) in [5.74, 6) is -0.576. The van der Waals surface area contributed by atoms with Crippen LogP contribution in [0.2, 0.25) is 0 Å². The molecule has 570 valence electrons. The number of carbonyl (C=O) groups is 4. The van der Waals surface area contributed by atoms with Crippen molar-refractivity contribution in [3.63, 3.8) is 0 Å². The summed E-state index contributed by atoms with van der Waals surface area (Å²) in [6.07, 6.45) is 56.9. The number of unbranched alkanes of at least 4 members (excludes halogenated alkanes) is 44. The van der Waals surface area contributed by atoms with Crippen molar-refractivity contribution in [1.82, 2.24) is 0 Å².